The van der Waals surface area contributed by atoms with E-state index in [4.69, 9.17) is 8.83 Å². The van der Waals surface area contributed by atoms with E-state index in [1.54, 1.807) is 0 Å². The highest BCUT2D eigenvalue weighted by Gasteiger charge is 2.23. The molecule has 0 saturated heterocycles. The van der Waals surface area contributed by atoms with E-state index in [1.165, 1.54) is 49.0 Å². The van der Waals surface area contributed by atoms with Crippen LogP contribution in [0.15, 0.2) is 173 Å². The second-order valence-electron chi connectivity index (χ2n) is 13.6. The largest absolute Gasteiger partial charge is 0.461 e. The van der Waals surface area contributed by atoms with Crippen LogP contribution in [0.3, 0.4) is 0 Å². The quantitative estimate of drug-likeness (QED) is 0.178. The van der Waals surface area contributed by atoms with E-state index >= 15 is 0 Å². The molecule has 0 bridgehead atoms. The van der Waals surface area contributed by atoms with Crippen molar-refractivity contribution in [3.8, 4) is 33.4 Å². The van der Waals surface area contributed by atoms with Crippen LogP contribution in [0.4, 0.5) is 0 Å². The third kappa shape index (κ3) is 4.17. The minimum absolute atomic E-state index is 0.870. The molecule has 2 heterocycles. The summed E-state index contributed by atoms with van der Waals surface area (Å²) in [5.74, 6) is 0.896. The number of furan rings is 2. The first-order valence-electron chi connectivity index (χ1n) is 17.5. The summed E-state index contributed by atoms with van der Waals surface area (Å²) in [5.41, 5.74) is 9.74. The van der Waals surface area contributed by atoms with Crippen molar-refractivity contribution < 1.29 is 8.83 Å². The molecule has 2 aromatic heterocycles. The van der Waals surface area contributed by atoms with Crippen LogP contribution in [0.1, 0.15) is 5.76 Å². The molecule has 238 valence electrons. The maximum absolute atomic E-state index is 6.88. The molecular formula is C49H30O2. The van der Waals surface area contributed by atoms with Gasteiger partial charge in [0, 0.05) is 21.5 Å². The average molecular weight is 651 g/mol. The van der Waals surface area contributed by atoms with E-state index < -0.39 is 0 Å². The molecule has 0 spiro atoms. The Balaban J connectivity index is 1.34. The molecule has 11 rings (SSSR count). The van der Waals surface area contributed by atoms with Gasteiger partial charge >= 0.3 is 0 Å². The van der Waals surface area contributed by atoms with Crippen LogP contribution in [0.25, 0.3) is 109 Å². The van der Waals surface area contributed by atoms with Crippen LogP contribution < -0.4 is 0 Å². The number of hydrogen-bond acceptors (Lipinski definition) is 2. The second-order valence-corrected chi connectivity index (χ2v) is 13.6. The van der Waals surface area contributed by atoms with Crippen molar-refractivity contribution in [3.63, 3.8) is 0 Å². The fraction of sp³-hybridized carbons (Fsp3) is 0.0204. The van der Waals surface area contributed by atoms with E-state index in [0.29, 0.717) is 0 Å². The number of fused-ring (bicyclic) bond motifs is 9. The fourth-order valence-electron chi connectivity index (χ4n) is 8.49. The maximum Gasteiger partial charge on any atom is 0.142 e. The normalized spacial score (nSPS) is 12.0. The summed E-state index contributed by atoms with van der Waals surface area (Å²) < 4.78 is 13.3. The maximum atomic E-state index is 6.88. The minimum atomic E-state index is 0.870. The van der Waals surface area contributed by atoms with E-state index in [-0.39, 0.29) is 0 Å². The van der Waals surface area contributed by atoms with Crippen LogP contribution in [0.2, 0.25) is 0 Å². The average Bonchev–Trinajstić information content (AvgIpc) is 3.75. The van der Waals surface area contributed by atoms with Gasteiger partial charge in [0.05, 0.1) is 0 Å². The number of aryl methyl sites for hydroxylation is 1. The van der Waals surface area contributed by atoms with Crippen molar-refractivity contribution >= 4 is 76.0 Å². The van der Waals surface area contributed by atoms with Crippen molar-refractivity contribution in [1.29, 1.82) is 0 Å². The number of hydrogen-bond donors (Lipinski definition) is 0. The first kappa shape index (κ1) is 28.2. The van der Waals surface area contributed by atoms with Crippen LogP contribution in [0, 0.1) is 6.92 Å². The molecule has 0 aliphatic rings. The summed E-state index contributed by atoms with van der Waals surface area (Å²) in [6.45, 7) is 2.03. The molecule has 2 nitrogen and oxygen atoms in total. The van der Waals surface area contributed by atoms with Gasteiger partial charge in [0.1, 0.15) is 22.5 Å². The number of rotatable bonds is 3. The van der Waals surface area contributed by atoms with Gasteiger partial charge in [-0.3, -0.25) is 0 Å². The first-order valence-corrected chi connectivity index (χ1v) is 17.5. The molecule has 0 unspecified atom stereocenters. The molecule has 2 heteroatoms. The Morgan fingerprint density at radius 3 is 1.65 bits per heavy atom. The highest BCUT2D eigenvalue weighted by molar-refractivity contribution is 6.27. The Bertz CT molecular complexity index is 3140. The lowest BCUT2D eigenvalue weighted by Crippen LogP contribution is -1.92. The summed E-state index contributed by atoms with van der Waals surface area (Å²) in [5, 5.41) is 12.9. The van der Waals surface area contributed by atoms with Crippen LogP contribution in [-0.4, -0.2) is 0 Å². The molecule has 9 aromatic carbocycles. The Labute approximate surface area is 293 Å². The Morgan fingerprint density at radius 2 is 0.941 bits per heavy atom. The lowest BCUT2D eigenvalue weighted by atomic mass is 9.84. The number of benzene rings is 9. The minimum Gasteiger partial charge on any atom is -0.461 e. The highest BCUT2D eigenvalue weighted by Crippen LogP contribution is 2.49. The molecule has 0 N–H and O–H groups in total. The van der Waals surface area contributed by atoms with Gasteiger partial charge in [-0.25, -0.2) is 0 Å². The zero-order valence-electron chi connectivity index (χ0n) is 27.9. The standard InChI is InChI=1S/C49H30O2/c1-29-23-41-40(25-33-17-7-8-18-35(33)49(41)50-29)34-26-43(48-42-24-31-15-5-6-16-32(31)27-44(42)51-45(48)28-34)47-38-21-11-9-19-36(38)46(30-13-3-2-4-14-30)37-20-10-12-22-39(37)47/h2-28H,1H3. The summed E-state index contributed by atoms with van der Waals surface area (Å²) in [6, 6.07) is 59.2. The summed E-state index contributed by atoms with van der Waals surface area (Å²) >= 11 is 0. The van der Waals surface area contributed by atoms with Crippen molar-refractivity contribution in [2.24, 2.45) is 0 Å². The van der Waals surface area contributed by atoms with Gasteiger partial charge in [0.2, 0.25) is 0 Å². The van der Waals surface area contributed by atoms with Gasteiger partial charge in [0.25, 0.3) is 0 Å². The lowest BCUT2D eigenvalue weighted by Gasteiger charge is -2.19. The van der Waals surface area contributed by atoms with Gasteiger partial charge in [-0.05, 0) is 114 Å². The topological polar surface area (TPSA) is 26.3 Å². The van der Waals surface area contributed by atoms with Crippen LogP contribution >= 0.6 is 0 Å². The Morgan fingerprint density at radius 1 is 0.353 bits per heavy atom. The molecule has 51 heavy (non-hydrogen) atoms. The Hall–Kier alpha value is -6.64. The van der Waals surface area contributed by atoms with E-state index in [9.17, 15) is 0 Å². The van der Waals surface area contributed by atoms with Crippen molar-refractivity contribution in [1.82, 2.24) is 0 Å². The fourth-order valence-corrected chi connectivity index (χ4v) is 8.49. The van der Waals surface area contributed by atoms with Gasteiger partial charge in [-0.15, -0.1) is 0 Å². The van der Waals surface area contributed by atoms with Gasteiger partial charge in [-0.2, -0.15) is 0 Å². The van der Waals surface area contributed by atoms with Gasteiger partial charge in [0.15, 0.2) is 0 Å². The van der Waals surface area contributed by atoms with Crippen LogP contribution in [-0.2, 0) is 0 Å². The zero-order valence-corrected chi connectivity index (χ0v) is 27.9. The SMILES string of the molecule is Cc1cc2c(-c3cc(-c4c5ccccc5c(-c5ccccc5)c5ccccc45)c4c(c3)oc3cc5ccccc5cc34)cc3ccccc3c2o1. The second kappa shape index (κ2) is 10.7. The van der Waals surface area contributed by atoms with Crippen molar-refractivity contribution in [2.45, 2.75) is 6.92 Å². The lowest BCUT2D eigenvalue weighted by molar-refractivity contribution is 0.581. The molecule has 0 atom stereocenters. The smallest absolute Gasteiger partial charge is 0.142 e. The molecule has 0 aliphatic heterocycles. The molecule has 0 amide bonds. The predicted octanol–water partition coefficient (Wildman–Crippen LogP) is 14.3. The van der Waals surface area contributed by atoms with E-state index in [1.807, 2.05) is 6.92 Å². The molecule has 0 aliphatic carbocycles. The third-order valence-corrected chi connectivity index (χ3v) is 10.7. The predicted molar refractivity (Wildman–Crippen MR) is 215 cm³/mol. The molecule has 0 fully saturated rings. The zero-order chi connectivity index (χ0) is 33.6. The van der Waals surface area contributed by atoms with Crippen LogP contribution in [0.5, 0.6) is 0 Å². The summed E-state index contributed by atoms with van der Waals surface area (Å²) in [6.07, 6.45) is 0. The molecule has 0 saturated carbocycles. The van der Waals surface area contributed by atoms with Crippen molar-refractivity contribution in [3.05, 3.63) is 170 Å². The highest BCUT2D eigenvalue weighted by atomic mass is 16.3. The summed E-state index contributed by atoms with van der Waals surface area (Å²) in [4.78, 5) is 0. The first-order chi connectivity index (χ1) is 25.2. The van der Waals surface area contributed by atoms with Gasteiger partial charge < -0.3 is 8.83 Å². The molecule has 11 aromatic rings. The Kier molecular flexibility index (Phi) is 5.91. The monoisotopic (exact) mass is 650 g/mol. The molecule has 0 radical (unpaired) electrons. The van der Waals surface area contributed by atoms with Gasteiger partial charge in [-0.1, -0.05) is 127 Å². The van der Waals surface area contributed by atoms with Crippen molar-refractivity contribution in [2.75, 3.05) is 0 Å². The molecular weight excluding hydrogens is 621 g/mol. The third-order valence-electron chi connectivity index (χ3n) is 10.7. The van der Waals surface area contributed by atoms with E-state index in [2.05, 4.69) is 164 Å². The summed E-state index contributed by atoms with van der Waals surface area (Å²) in [7, 11) is 0. The van der Waals surface area contributed by atoms with E-state index in [0.717, 1.165) is 66.1 Å².